The third-order valence-electron chi connectivity index (χ3n) is 5.66. The summed E-state index contributed by atoms with van der Waals surface area (Å²) in [6.45, 7) is 0.929. The third kappa shape index (κ3) is 19.9. The molecular weight excluding hydrogens is 600 g/mol. The largest absolute Gasteiger partial charge is 0.396 e. The molecule has 1 aromatic heterocycles. The van der Waals surface area contributed by atoms with Crippen LogP contribution in [0.25, 0.3) is 0 Å². The van der Waals surface area contributed by atoms with E-state index in [0.717, 1.165) is 15.7 Å². The lowest BCUT2D eigenvalue weighted by Gasteiger charge is -2.26. The maximum absolute atomic E-state index is 9.18. The molecule has 264 valence electrons. The molecule has 1 heterocycles. The summed E-state index contributed by atoms with van der Waals surface area (Å²) in [5.41, 5.74) is 0. The summed E-state index contributed by atoms with van der Waals surface area (Å²) < 4.78 is 0. The minimum Gasteiger partial charge on any atom is -0.396 e. The molecule has 6 N–H and O–H groups in total. The lowest BCUT2D eigenvalue weighted by atomic mass is 10.3. The monoisotopic (exact) mass is 654 g/mol. The van der Waals surface area contributed by atoms with Gasteiger partial charge in [-0.25, -0.2) is 29.0 Å². The van der Waals surface area contributed by atoms with Gasteiger partial charge in [-0.3, -0.25) is 0 Å². The third-order valence-corrected chi connectivity index (χ3v) is 5.66. The molecule has 0 aliphatic rings. The molecule has 0 aromatic carbocycles. The van der Waals surface area contributed by atoms with Crippen LogP contribution in [0.4, 0.5) is 17.8 Å². The van der Waals surface area contributed by atoms with Crippen molar-refractivity contribution >= 4 is 17.8 Å². The SMILES string of the molecule is OCCCCON(OCCCCO)c1nc(N(OCCCCO)OCCCCO)nc(N(OCCCCO)OCCCCO)n1. The minimum atomic E-state index is -0.117. The molecule has 45 heavy (non-hydrogen) atoms. The van der Waals surface area contributed by atoms with Gasteiger partial charge >= 0.3 is 0 Å². The van der Waals surface area contributed by atoms with Gasteiger partial charge in [0.1, 0.15) is 0 Å². The van der Waals surface area contributed by atoms with E-state index in [1.165, 1.54) is 0 Å². The number of hydrogen-bond donors (Lipinski definition) is 6. The molecule has 0 aliphatic heterocycles. The summed E-state index contributed by atoms with van der Waals surface area (Å²) in [5, 5.41) is 58.1. The van der Waals surface area contributed by atoms with E-state index in [4.69, 9.17) is 29.0 Å². The number of rotatable bonds is 33. The van der Waals surface area contributed by atoms with Crippen molar-refractivity contribution in [2.45, 2.75) is 77.0 Å². The van der Waals surface area contributed by atoms with Gasteiger partial charge in [0.15, 0.2) is 0 Å². The molecule has 0 radical (unpaired) electrons. The summed E-state index contributed by atoms with van der Waals surface area (Å²) in [7, 11) is 0. The molecule has 0 unspecified atom stereocenters. The fourth-order valence-electron chi connectivity index (χ4n) is 3.21. The maximum atomic E-state index is 9.18. The predicted octanol–water partition coefficient (Wildman–Crippen LogP) is 0.515. The first-order chi connectivity index (χ1) is 22.1. The van der Waals surface area contributed by atoms with E-state index in [1.807, 2.05) is 0 Å². The molecular formula is C27H54N6O12. The van der Waals surface area contributed by atoms with Gasteiger partial charge in [0, 0.05) is 39.6 Å². The highest BCUT2D eigenvalue weighted by Gasteiger charge is 2.25. The molecule has 0 amide bonds. The van der Waals surface area contributed by atoms with E-state index in [9.17, 15) is 30.6 Å². The Bertz CT molecular complexity index is 658. The quantitative estimate of drug-likeness (QED) is 0.0448. The van der Waals surface area contributed by atoms with E-state index < -0.39 is 0 Å². The topological polar surface area (TPSA) is 225 Å². The molecule has 18 nitrogen and oxygen atoms in total. The van der Waals surface area contributed by atoms with Crippen molar-refractivity contribution < 1.29 is 59.7 Å². The molecule has 18 heteroatoms. The number of aromatic nitrogens is 3. The Morgan fingerprint density at radius 1 is 0.311 bits per heavy atom. The number of aliphatic hydroxyl groups excluding tert-OH is 6. The van der Waals surface area contributed by atoms with Crippen LogP contribution in [-0.4, -0.2) is 125 Å². The van der Waals surface area contributed by atoms with E-state index in [0.29, 0.717) is 77.0 Å². The Labute approximate surface area is 264 Å². The van der Waals surface area contributed by atoms with Crippen LogP contribution >= 0.6 is 0 Å². The molecule has 0 bridgehead atoms. The first-order valence-corrected chi connectivity index (χ1v) is 15.7. The summed E-state index contributed by atoms with van der Waals surface area (Å²) in [6, 6.07) is 0. The van der Waals surface area contributed by atoms with Crippen molar-refractivity contribution in [1.82, 2.24) is 15.0 Å². The average molecular weight is 655 g/mol. The molecule has 1 aromatic rings. The molecule has 0 saturated heterocycles. The number of aliphatic hydroxyl groups is 6. The molecule has 0 spiro atoms. The first-order valence-electron chi connectivity index (χ1n) is 15.7. The van der Waals surface area contributed by atoms with Crippen molar-refractivity contribution in [3.63, 3.8) is 0 Å². The number of hydrogen-bond acceptors (Lipinski definition) is 18. The molecule has 0 atom stereocenters. The van der Waals surface area contributed by atoms with Gasteiger partial charge < -0.3 is 30.6 Å². The van der Waals surface area contributed by atoms with E-state index >= 15 is 0 Å². The van der Waals surface area contributed by atoms with Crippen LogP contribution < -0.4 is 15.7 Å². The van der Waals surface area contributed by atoms with Crippen molar-refractivity contribution in [3.05, 3.63) is 0 Å². The number of anilines is 3. The highest BCUT2D eigenvalue weighted by molar-refractivity contribution is 5.40. The summed E-state index contributed by atoms with van der Waals surface area (Å²) in [5.74, 6) is -0.350. The van der Waals surface area contributed by atoms with Crippen LogP contribution in [0.2, 0.25) is 0 Å². The highest BCUT2D eigenvalue weighted by atomic mass is 17.0. The van der Waals surface area contributed by atoms with E-state index in [2.05, 4.69) is 15.0 Å². The smallest absolute Gasteiger partial charge is 0.284 e. The van der Waals surface area contributed by atoms with Gasteiger partial charge in [0.2, 0.25) is 0 Å². The zero-order valence-corrected chi connectivity index (χ0v) is 26.3. The van der Waals surface area contributed by atoms with E-state index in [1.54, 1.807) is 0 Å². The van der Waals surface area contributed by atoms with Crippen LogP contribution in [0.5, 0.6) is 0 Å². The van der Waals surface area contributed by atoms with Crippen molar-refractivity contribution in [2.24, 2.45) is 0 Å². The van der Waals surface area contributed by atoms with Crippen LogP contribution in [0.15, 0.2) is 0 Å². The fourth-order valence-corrected chi connectivity index (χ4v) is 3.21. The Morgan fingerprint density at radius 2 is 0.489 bits per heavy atom. The molecule has 0 saturated carbocycles. The Morgan fingerprint density at radius 3 is 0.644 bits per heavy atom. The second kappa shape index (κ2) is 29.3. The van der Waals surface area contributed by atoms with Crippen LogP contribution in [0.3, 0.4) is 0 Å². The van der Waals surface area contributed by atoms with Crippen LogP contribution in [0, 0.1) is 0 Å². The van der Waals surface area contributed by atoms with Gasteiger partial charge in [-0.05, 0) is 77.0 Å². The Balaban J connectivity index is 3.49. The fraction of sp³-hybridized carbons (Fsp3) is 0.889. The molecule has 0 aliphatic carbocycles. The van der Waals surface area contributed by atoms with Gasteiger partial charge in [-0.15, -0.1) is 0 Å². The van der Waals surface area contributed by atoms with Crippen molar-refractivity contribution in [3.8, 4) is 0 Å². The van der Waals surface area contributed by atoms with Gasteiger partial charge in [0.25, 0.3) is 17.8 Å². The summed E-state index contributed by atoms with van der Waals surface area (Å²) in [4.78, 5) is 48.2. The number of unbranched alkanes of at least 4 members (excludes halogenated alkanes) is 6. The second-order valence-electron chi connectivity index (χ2n) is 9.59. The lowest BCUT2D eigenvalue weighted by molar-refractivity contribution is -0.104. The maximum Gasteiger partial charge on any atom is 0.284 e. The minimum absolute atomic E-state index is 0.00678. The summed E-state index contributed by atoms with van der Waals surface area (Å²) >= 11 is 0. The second-order valence-corrected chi connectivity index (χ2v) is 9.59. The summed E-state index contributed by atoms with van der Waals surface area (Å²) in [6.07, 6.45) is 6.08. The zero-order chi connectivity index (χ0) is 32.8. The zero-order valence-electron chi connectivity index (χ0n) is 26.3. The average Bonchev–Trinajstić information content (AvgIpc) is 3.06. The van der Waals surface area contributed by atoms with Crippen molar-refractivity contribution in [2.75, 3.05) is 95.0 Å². The standard InChI is InChI=1S/C27H54N6O12/c34-13-1-7-19-40-31(41-20-8-2-14-35)25-28-26(32(42-21-9-3-15-36)43-22-10-4-16-37)30-27(29-25)33(44-23-11-5-17-38)45-24-12-6-18-39/h34-39H,1-24H2. The van der Waals surface area contributed by atoms with Crippen LogP contribution in [0.1, 0.15) is 77.0 Å². The Kier molecular flexibility index (Phi) is 26.7. The lowest BCUT2D eigenvalue weighted by Crippen LogP contribution is -2.34. The predicted molar refractivity (Wildman–Crippen MR) is 161 cm³/mol. The van der Waals surface area contributed by atoms with E-state index in [-0.39, 0.29) is 97.1 Å². The highest BCUT2D eigenvalue weighted by Crippen LogP contribution is 2.22. The molecule has 1 rings (SSSR count). The van der Waals surface area contributed by atoms with Crippen molar-refractivity contribution in [1.29, 1.82) is 0 Å². The Hall–Kier alpha value is -2.07. The van der Waals surface area contributed by atoms with Crippen LogP contribution in [-0.2, 0) is 29.0 Å². The van der Waals surface area contributed by atoms with Gasteiger partial charge in [0.05, 0.1) is 39.6 Å². The molecule has 0 fully saturated rings. The first kappa shape index (κ1) is 41.0. The number of nitrogens with zero attached hydrogens (tertiary/aromatic N) is 6. The van der Waals surface area contributed by atoms with Gasteiger partial charge in [-0.1, -0.05) is 15.7 Å². The van der Waals surface area contributed by atoms with Gasteiger partial charge in [-0.2, -0.15) is 15.0 Å². The normalized spacial score (nSPS) is 11.3.